The van der Waals surface area contributed by atoms with Gasteiger partial charge in [-0.3, -0.25) is 4.79 Å². The highest BCUT2D eigenvalue weighted by Gasteiger charge is 2.16. The summed E-state index contributed by atoms with van der Waals surface area (Å²) in [5.41, 5.74) is 0.508. The number of benzene rings is 1. The first-order valence-corrected chi connectivity index (χ1v) is 5.90. The fourth-order valence-electron chi connectivity index (χ4n) is 1.26. The van der Waals surface area contributed by atoms with Crippen molar-refractivity contribution in [3.05, 3.63) is 29.1 Å². The number of halogens is 2. The quantitative estimate of drug-likeness (QED) is 0.817. The highest BCUT2D eigenvalue weighted by molar-refractivity contribution is 8.13. The second-order valence-corrected chi connectivity index (χ2v) is 3.86. The molecule has 0 atom stereocenters. The van der Waals surface area contributed by atoms with E-state index < -0.39 is 12.5 Å². The number of carbonyl (C=O) groups excluding carboxylic acids is 1. The van der Waals surface area contributed by atoms with E-state index in [4.69, 9.17) is 4.74 Å². The molecule has 0 saturated carbocycles. The van der Waals surface area contributed by atoms with Crippen molar-refractivity contribution in [2.24, 2.45) is 0 Å². The molecule has 0 aliphatic rings. The van der Waals surface area contributed by atoms with Gasteiger partial charge in [-0.1, -0.05) is 11.8 Å². The molecule has 88 valence electrons. The average molecular weight is 246 g/mol. The Morgan fingerprint density at radius 2 is 2.19 bits per heavy atom. The van der Waals surface area contributed by atoms with Crippen LogP contribution >= 0.6 is 11.8 Å². The van der Waals surface area contributed by atoms with Crippen LogP contribution in [0.25, 0.3) is 0 Å². The molecule has 0 bridgehead atoms. The topological polar surface area (TPSA) is 26.3 Å². The van der Waals surface area contributed by atoms with Gasteiger partial charge in [0.2, 0.25) is 5.12 Å². The summed E-state index contributed by atoms with van der Waals surface area (Å²) in [5, 5.41) is -0.225. The number of rotatable bonds is 4. The maximum Gasteiger partial charge on any atom is 0.222 e. The molecule has 0 spiro atoms. The fourth-order valence-corrected chi connectivity index (χ4v) is 1.65. The zero-order valence-electron chi connectivity index (χ0n) is 9.05. The van der Waals surface area contributed by atoms with Gasteiger partial charge in [-0.25, -0.2) is 8.78 Å². The highest BCUT2D eigenvalue weighted by atomic mass is 32.2. The zero-order chi connectivity index (χ0) is 12.1. The van der Waals surface area contributed by atoms with E-state index in [0.717, 1.165) is 11.8 Å². The van der Waals surface area contributed by atoms with E-state index in [-0.39, 0.29) is 28.6 Å². The molecule has 0 N–H and O–H groups in total. The van der Waals surface area contributed by atoms with E-state index in [1.54, 1.807) is 6.26 Å². The van der Waals surface area contributed by atoms with Crippen LogP contribution in [-0.4, -0.2) is 24.7 Å². The van der Waals surface area contributed by atoms with E-state index in [1.165, 1.54) is 19.1 Å². The van der Waals surface area contributed by atoms with Gasteiger partial charge in [-0.2, -0.15) is 0 Å². The number of hydrogen-bond acceptors (Lipinski definition) is 3. The molecule has 16 heavy (non-hydrogen) atoms. The molecule has 1 aromatic rings. The molecule has 0 aliphatic carbocycles. The SMILES string of the molecule is CSC(=O)c1ccc(F)c(C)c1OCCF. The smallest absolute Gasteiger partial charge is 0.222 e. The molecule has 1 rings (SSSR count). The van der Waals surface area contributed by atoms with Gasteiger partial charge in [0, 0.05) is 5.56 Å². The lowest BCUT2D eigenvalue weighted by Crippen LogP contribution is -2.06. The molecule has 0 heterocycles. The van der Waals surface area contributed by atoms with Crippen molar-refractivity contribution in [1.82, 2.24) is 0 Å². The van der Waals surface area contributed by atoms with Crippen molar-refractivity contribution in [3.8, 4) is 5.75 Å². The normalized spacial score (nSPS) is 10.2. The number of carbonyl (C=O) groups is 1. The summed E-state index contributed by atoms with van der Waals surface area (Å²) in [5.74, 6) is -0.330. The molecular formula is C11H12F2O2S. The molecule has 1 aromatic carbocycles. The molecular weight excluding hydrogens is 234 g/mol. The Bertz CT molecular complexity index is 394. The predicted molar refractivity (Wildman–Crippen MR) is 60.5 cm³/mol. The van der Waals surface area contributed by atoms with Crippen molar-refractivity contribution in [2.45, 2.75) is 6.92 Å². The van der Waals surface area contributed by atoms with Gasteiger partial charge in [-0.05, 0) is 25.3 Å². The molecule has 0 fully saturated rings. The highest BCUT2D eigenvalue weighted by Crippen LogP contribution is 2.28. The molecule has 0 amide bonds. The lowest BCUT2D eigenvalue weighted by Gasteiger charge is -2.12. The Balaban J connectivity index is 3.16. The Morgan fingerprint density at radius 1 is 1.50 bits per heavy atom. The van der Waals surface area contributed by atoms with Crippen LogP contribution in [0.4, 0.5) is 8.78 Å². The van der Waals surface area contributed by atoms with Gasteiger partial charge in [0.25, 0.3) is 0 Å². The van der Waals surface area contributed by atoms with Gasteiger partial charge >= 0.3 is 0 Å². The predicted octanol–water partition coefficient (Wildman–Crippen LogP) is 2.99. The number of alkyl halides is 1. The zero-order valence-corrected chi connectivity index (χ0v) is 9.87. The summed E-state index contributed by atoms with van der Waals surface area (Å²) in [7, 11) is 0. The first kappa shape index (κ1) is 13.0. The molecule has 0 aliphatic heterocycles. The largest absolute Gasteiger partial charge is 0.490 e. The number of hydrogen-bond donors (Lipinski definition) is 0. The van der Waals surface area contributed by atoms with Crippen LogP contribution in [0.3, 0.4) is 0 Å². The molecule has 0 aromatic heterocycles. The van der Waals surface area contributed by atoms with Gasteiger partial charge in [0.1, 0.15) is 24.8 Å². The summed E-state index contributed by atoms with van der Waals surface area (Å²) < 4.78 is 30.4. The molecule has 0 saturated heterocycles. The lowest BCUT2D eigenvalue weighted by atomic mass is 10.1. The van der Waals surface area contributed by atoms with Gasteiger partial charge in [0.05, 0.1) is 5.56 Å². The van der Waals surface area contributed by atoms with Crippen molar-refractivity contribution in [3.63, 3.8) is 0 Å². The number of thioether (sulfide) groups is 1. The van der Waals surface area contributed by atoms with Crippen molar-refractivity contribution in [1.29, 1.82) is 0 Å². The average Bonchev–Trinajstić information content (AvgIpc) is 2.30. The first-order chi connectivity index (χ1) is 7.61. The summed E-state index contributed by atoms with van der Waals surface area (Å²) in [6, 6.07) is 2.57. The van der Waals surface area contributed by atoms with Crippen molar-refractivity contribution in [2.75, 3.05) is 19.5 Å². The Morgan fingerprint density at radius 3 is 2.75 bits per heavy atom. The van der Waals surface area contributed by atoms with Crippen LogP contribution in [0, 0.1) is 12.7 Å². The Labute approximate surface area is 97.0 Å². The van der Waals surface area contributed by atoms with E-state index in [9.17, 15) is 13.6 Å². The van der Waals surface area contributed by atoms with Crippen LogP contribution < -0.4 is 4.74 Å². The van der Waals surface area contributed by atoms with Crippen LogP contribution in [-0.2, 0) is 0 Å². The van der Waals surface area contributed by atoms with E-state index >= 15 is 0 Å². The second kappa shape index (κ2) is 5.84. The van der Waals surface area contributed by atoms with E-state index in [0.29, 0.717) is 0 Å². The third-order valence-corrected chi connectivity index (χ3v) is 2.66. The van der Waals surface area contributed by atoms with Gasteiger partial charge < -0.3 is 4.74 Å². The van der Waals surface area contributed by atoms with E-state index in [1.807, 2.05) is 0 Å². The van der Waals surface area contributed by atoms with E-state index in [2.05, 4.69) is 0 Å². The minimum atomic E-state index is -0.678. The maximum atomic E-state index is 13.3. The summed E-state index contributed by atoms with van der Waals surface area (Å²) in [6.45, 7) is 0.641. The fraction of sp³-hybridized carbons (Fsp3) is 0.364. The molecule has 0 unspecified atom stereocenters. The van der Waals surface area contributed by atoms with Crippen molar-refractivity contribution >= 4 is 16.9 Å². The van der Waals surface area contributed by atoms with Crippen LogP contribution in [0.15, 0.2) is 12.1 Å². The summed E-state index contributed by atoms with van der Waals surface area (Å²) in [4.78, 5) is 11.5. The molecule has 5 heteroatoms. The third kappa shape index (κ3) is 2.72. The van der Waals surface area contributed by atoms with Crippen molar-refractivity contribution < 1.29 is 18.3 Å². The summed E-state index contributed by atoms with van der Waals surface area (Å²) >= 11 is 1.00. The second-order valence-electron chi connectivity index (χ2n) is 3.08. The molecule has 2 nitrogen and oxygen atoms in total. The van der Waals surface area contributed by atoms with Gasteiger partial charge in [-0.15, -0.1) is 0 Å². The Kier molecular flexibility index (Phi) is 4.73. The first-order valence-electron chi connectivity index (χ1n) is 4.68. The van der Waals surface area contributed by atoms with Crippen LogP contribution in [0.2, 0.25) is 0 Å². The van der Waals surface area contributed by atoms with Gasteiger partial charge in [0.15, 0.2) is 0 Å². The minimum Gasteiger partial charge on any atom is -0.490 e. The monoisotopic (exact) mass is 246 g/mol. The summed E-state index contributed by atoms with van der Waals surface area (Å²) in [6.07, 6.45) is 1.62. The van der Waals surface area contributed by atoms with Crippen LogP contribution in [0.1, 0.15) is 15.9 Å². The minimum absolute atomic E-state index is 0.136. The maximum absolute atomic E-state index is 13.3. The lowest BCUT2D eigenvalue weighted by molar-refractivity contribution is 0.108. The number of ether oxygens (including phenoxy) is 1. The van der Waals surface area contributed by atoms with Crippen LogP contribution in [0.5, 0.6) is 5.75 Å². The molecule has 0 radical (unpaired) electrons. The standard InChI is InChI=1S/C11H12F2O2S/c1-7-9(13)4-3-8(11(14)16-2)10(7)15-6-5-12/h3-4H,5-6H2,1-2H3. The third-order valence-electron chi connectivity index (χ3n) is 2.07. The Hall–Kier alpha value is -1.10.